The molecule has 0 atom stereocenters. The molecule has 8 heteroatoms. The Kier molecular flexibility index (Phi) is 7.52. The molecule has 0 N–H and O–H groups in total. The van der Waals surface area contributed by atoms with E-state index in [4.69, 9.17) is 9.47 Å². The van der Waals surface area contributed by atoms with E-state index in [0.717, 1.165) is 22.5 Å². The maximum Gasteiger partial charge on any atom is 0.342 e. The van der Waals surface area contributed by atoms with Gasteiger partial charge in [-0.3, -0.25) is 9.69 Å². The summed E-state index contributed by atoms with van der Waals surface area (Å²) in [6.07, 6.45) is 0. The van der Waals surface area contributed by atoms with Gasteiger partial charge in [0.2, 0.25) is 5.91 Å². The average molecular weight is 491 g/mol. The Hall–Kier alpha value is -4.04. The molecule has 0 saturated carbocycles. The van der Waals surface area contributed by atoms with Crippen LogP contribution in [0.3, 0.4) is 0 Å². The standard InChI is InChI=1S/C27H23FN2O4S/c1-18-9-3-4-10-20(18)15-33-25-14-8-5-11-22(25)26(32)34-16-21-17-35-27(29-21)30(19(2)31)24-13-7-6-12-23(24)28/h3-14,17H,15-16H2,1-2H3. The molecule has 0 aliphatic carbocycles. The molecule has 4 aromatic rings. The monoisotopic (exact) mass is 490 g/mol. The van der Waals surface area contributed by atoms with Gasteiger partial charge in [-0.15, -0.1) is 11.3 Å². The third-order valence-electron chi connectivity index (χ3n) is 5.24. The van der Waals surface area contributed by atoms with E-state index >= 15 is 0 Å². The van der Waals surface area contributed by atoms with Crippen LogP contribution >= 0.6 is 11.3 Å². The summed E-state index contributed by atoms with van der Waals surface area (Å²) in [4.78, 5) is 30.6. The van der Waals surface area contributed by atoms with E-state index in [0.29, 0.717) is 23.6 Å². The first-order valence-electron chi connectivity index (χ1n) is 10.9. The first-order valence-corrected chi connectivity index (χ1v) is 11.7. The number of aryl methyl sites for hydroxylation is 1. The number of carbonyl (C=O) groups excluding carboxylic acids is 2. The lowest BCUT2D eigenvalue weighted by molar-refractivity contribution is -0.115. The Morgan fingerprint density at radius 3 is 2.46 bits per heavy atom. The van der Waals surface area contributed by atoms with E-state index in [1.165, 1.54) is 24.0 Å². The second-order valence-corrected chi connectivity index (χ2v) is 8.55. The van der Waals surface area contributed by atoms with Crippen LogP contribution in [0.1, 0.15) is 34.1 Å². The summed E-state index contributed by atoms with van der Waals surface area (Å²) < 4.78 is 25.6. The van der Waals surface area contributed by atoms with Crippen LogP contribution in [0.25, 0.3) is 0 Å². The zero-order valence-corrected chi connectivity index (χ0v) is 20.0. The lowest BCUT2D eigenvalue weighted by Crippen LogP contribution is -2.23. The normalized spacial score (nSPS) is 10.6. The molecule has 35 heavy (non-hydrogen) atoms. The maximum absolute atomic E-state index is 14.3. The van der Waals surface area contributed by atoms with Gasteiger partial charge in [0.1, 0.15) is 30.3 Å². The summed E-state index contributed by atoms with van der Waals surface area (Å²) in [6, 6.07) is 20.7. The number of ether oxygens (including phenoxy) is 2. The molecule has 0 bridgehead atoms. The molecule has 0 aliphatic heterocycles. The van der Waals surface area contributed by atoms with Crippen LogP contribution in [-0.4, -0.2) is 16.9 Å². The first-order chi connectivity index (χ1) is 16.9. The van der Waals surface area contributed by atoms with Gasteiger partial charge < -0.3 is 9.47 Å². The van der Waals surface area contributed by atoms with Crippen molar-refractivity contribution < 1.29 is 23.5 Å². The molecule has 0 radical (unpaired) electrons. The summed E-state index contributed by atoms with van der Waals surface area (Å²) in [5.74, 6) is -1.06. The zero-order valence-electron chi connectivity index (χ0n) is 19.2. The molecule has 6 nitrogen and oxygen atoms in total. The van der Waals surface area contributed by atoms with E-state index in [1.807, 2.05) is 31.2 Å². The van der Waals surface area contributed by atoms with Crippen molar-refractivity contribution in [3.8, 4) is 5.75 Å². The number of para-hydroxylation sites is 2. The van der Waals surface area contributed by atoms with Gasteiger partial charge in [0.15, 0.2) is 5.13 Å². The first kappa shape index (κ1) is 24.1. The van der Waals surface area contributed by atoms with E-state index in [1.54, 1.807) is 41.8 Å². The molecular weight excluding hydrogens is 467 g/mol. The highest BCUT2D eigenvalue weighted by Gasteiger charge is 2.21. The third kappa shape index (κ3) is 5.73. The highest BCUT2D eigenvalue weighted by molar-refractivity contribution is 7.14. The number of halogens is 1. The molecule has 0 saturated heterocycles. The lowest BCUT2D eigenvalue weighted by Gasteiger charge is -2.18. The van der Waals surface area contributed by atoms with Gasteiger partial charge in [0, 0.05) is 12.3 Å². The zero-order chi connectivity index (χ0) is 24.8. The van der Waals surface area contributed by atoms with Gasteiger partial charge in [-0.1, -0.05) is 48.5 Å². The minimum atomic E-state index is -0.558. The number of aromatic nitrogens is 1. The summed E-state index contributed by atoms with van der Waals surface area (Å²) in [6.45, 7) is 3.55. The minimum Gasteiger partial charge on any atom is -0.488 e. The Morgan fingerprint density at radius 1 is 0.971 bits per heavy atom. The van der Waals surface area contributed by atoms with Gasteiger partial charge in [-0.05, 0) is 42.3 Å². The van der Waals surface area contributed by atoms with E-state index in [9.17, 15) is 14.0 Å². The molecule has 178 valence electrons. The molecule has 4 rings (SSSR count). The fourth-order valence-electron chi connectivity index (χ4n) is 3.41. The van der Waals surface area contributed by atoms with Crippen LogP contribution in [0.5, 0.6) is 5.75 Å². The molecular formula is C27H23FN2O4S. The van der Waals surface area contributed by atoms with E-state index < -0.39 is 11.8 Å². The Bertz CT molecular complexity index is 1350. The highest BCUT2D eigenvalue weighted by Crippen LogP contribution is 2.31. The number of carbonyl (C=O) groups is 2. The van der Waals surface area contributed by atoms with Crippen molar-refractivity contribution in [1.82, 2.24) is 4.98 Å². The quantitative estimate of drug-likeness (QED) is 0.275. The fraction of sp³-hybridized carbons (Fsp3) is 0.148. The van der Waals surface area contributed by atoms with Crippen LogP contribution < -0.4 is 9.64 Å². The van der Waals surface area contributed by atoms with Crippen LogP contribution in [-0.2, 0) is 22.7 Å². The largest absolute Gasteiger partial charge is 0.488 e. The smallest absolute Gasteiger partial charge is 0.342 e. The van der Waals surface area contributed by atoms with Crippen molar-refractivity contribution in [3.63, 3.8) is 0 Å². The van der Waals surface area contributed by atoms with Gasteiger partial charge in [0.05, 0.1) is 11.4 Å². The number of benzene rings is 3. The predicted molar refractivity (Wildman–Crippen MR) is 132 cm³/mol. The van der Waals surface area contributed by atoms with Gasteiger partial charge in [-0.25, -0.2) is 14.2 Å². The Balaban J connectivity index is 1.44. The number of rotatable bonds is 8. The molecule has 0 fully saturated rings. The van der Waals surface area contributed by atoms with Crippen molar-refractivity contribution in [1.29, 1.82) is 0 Å². The predicted octanol–water partition coefficient (Wildman–Crippen LogP) is 6.21. The highest BCUT2D eigenvalue weighted by atomic mass is 32.1. The van der Waals surface area contributed by atoms with Crippen molar-refractivity contribution >= 4 is 34.0 Å². The number of esters is 1. The van der Waals surface area contributed by atoms with Crippen molar-refractivity contribution in [2.45, 2.75) is 27.1 Å². The van der Waals surface area contributed by atoms with Crippen LogP contribution in [0.4, 0.5) is 15.2 Å². The second-order valence-electron chi connectivity index (χ2n) is 7.71. The summed E-state index contributed by atoms with van der Waals surface area (Å²) >= 11 is 1.16. The molecule has 3 aromatic carbocycles. The van der Waals surface area contributed by atoms with Crippen LogP contribution in [0.15, 0.2) is 78.2 Å². The summed E-state index contributed by atoms with van der Waals surface area (Å²) in [5.41, 5.74) is 2.97. The third-order valence-corrected chi connectivity index (χ3v) is 6.12. The van der Waals surface area contributed by atoms with Crippen LogP contribution in [0.2, 0.25) is 0 Å². The maximum atomic E-state index is 14.3. The Labute approximate surface area is 206 Å². The van der Waals surface area contributed by atoms with Gasteiger partial charge in [-0.2, -0.15) is 0 Å². The minimum absolute atomic E-state index is 0.107. The average Bonchev–Trinajstić information content (AvgIpc) is 3.32. The number of anilines is 2. The lowest BCUT2D eigenvalue weighted by atomic mass is 10.1. The molecule has 0 aliphatic rings. The van der Waals surface area contributed by atoms with Crippen LogP contribution in [0, 0.1) is 12.7 Å². The Morgan fingerprint density at radius 2 is 1.69 bits per heavy atom. The SMILES string of the molecule is CC(=O)N(c1nc(COC(=O)c2ccccc2OCc2ccccc2C)cs1)c1ccccc1F. The van der Waals surface area contributed by atoms with Crippen molar-refractivity contribution in [2.24, 2.45) is 0 Å². The number of hydrogen-bond donors (Lipinski definition) is 0. The van der Waals surface area contributed by atoms with E-state index in [-0.39, 0.29) is 23.3 Å². The van der Waals surface area contributed by atoms with Gasteiger partial charge >= 0.3 is 5.97 Å². The number of hydrogen-bond acceptors (Lipinski definition) is 6. The topological polar surface area (TPSA) is 68.7 Å². The van der Waals surface area contributed by atoms with Crippen molar-refractivity contribution in [3.05, 3.63) is 106 Å². The molecule has 1 amide bonds. The number of amides is 1. The second kappa shape index (κ2) is 10.9. The summed E-state index contributed by atoms with van der Waals surface area (Å²) in [7, 11) is 0. The molecule has 1 aromatic heterocycles. The number of nitrogens with zero attached hydrogens (tertiary/aromatic N) is 2. The summed E-state index contributed by atoms with van der Waals surface area (Å²) in [5, 5.41) is 1.95. The molecule has 0 unspecified atom stereocenters. The number of thiazole rings is 1. The molecule has 1 heterocycles. The fourth-order valence-corrected chi connectivity index (χ4v) is 4.28. The van der Waals surface area contributed by atoms with E-state index in [2.05, 4.69) is 4.98 Å². The molecule has 0 spiro atoms. The van der Waals surface area contributed by atoms with Gasteiger partial charge in [0.25, 0.3) is 0 Å². The van der Waals surface area contributed by atoms with Crippen molar-refractivity contribution in [2.75, 3.05) is 4.90 Å².